The van der Waals surface area contributed by atoms with Crippen LogP contribution >= 0.6 is 0 Å². The first-order chi connectivity index (χ1) is 13.1. The Bertz CT molecular complexity index is 1130. The molecule has 134 valence electrons. The normalized spacial score (nSPS) is 10.8. The second kappa shape index (κ2) is 6.95. The van der Waals surface area contributed by atoms with Crippen LogP contribution in [0.1, 0.15) is 19.5 Å². The summed E-state index contributed by atoms with van der Waals surface area (Å²) in [5, 5.41) is 4.09. The van der Waals surface area contributed by atoms with Crippen LogP contribution in [0.3, 0.4) is 0 Å². The minimum absolute atomic E-state index is 0.523. The van der Waals surface area contributed by atoms with E-state index in [0.29, 0.717) is 5.95 Å². The minimum Gasteiger partial charge on any atom is -0.345 e. The van der Waals surface area contributed by atoms with Crippen LogP contribution in [0, 0.1) is 6.92 Å². The molecule has 2 N–H and O–H groups in total. The highest BCUT2D eigenvalue weighted by molar-refractivity contribution is 5.92. The number of anilines is 2. The summed E-state index contributed by atoms with van der Waals surface area (Å²) in [6.45, 7) is 5.91. The van der Waals surface area contributed by atoms with Crippen molar-refractivity contribution in [3.63, 3.8) is 0 Å². The molecule has 4 aromatic heterocycles. The maximum Gasteiger partial charge on any atom is 0.229 e. The number of aromatic amines is 1. The predicted molar refractivity (Wildman–Crippen MR) is 108 cm³/mol. The molecule has 0 aromatic carbocycles. The van der Waals surface area contributed by atoms with E-state index >= 15 is 0 Å². The summed E-state index contributed by atoms with van der Waals surface area (Å²) in [5.41, 5.74) is 6.25. The van der Waals surface area contributed by atoms with Crippen LogP contribution in [0.5, 0.6) is 0 Å². The van der Waals surface area contributed by atoms with Crippen molar-refractivity contribution in [3.05, 3.63) is 54.7 Å². The Kier molecular flexibility index (Phi) is 4.33. The number of pyridine rings is 2. The second-order valence-electron chi connectivity index (χ2n) is 6.38. The first kappa shape index (κ1) is 16.8. The van der Waals surface area contributed by atoms with Crippen LogP contribution in [0.25, 0.3) is 22.3 Å². The first-order valence-electron chi connectivity index (χ1n) is 8.61. The van der Waals surface area contributed by atoms with Gasteiger partial charge in [-0.3, -0.25) is 15.0 Å². The summed E-state index contributed by atoms with van der Waals surface area (Å²) in [6.07, 6.45) is 7.15. The van der Waals surface area contributed by atoms with E-state index in [4.69, 9.17) is 4.98 Å². The molecular formula is C20H19N7. The third kappa shape index (κ3) is 3.52. The molecule has 0 aliphatic heterocycles. The Labute approximate surface area is 156 Å². The van der Waals surface area contributed by atoms with Crippen molar-refractivity contribution in [2.75, 3.05) is 5.32 Å². The van der Waals surface area contributed by atoms with Gasteiger partial charge in [0.15, 0.2) is 0 Å². The van der Waals surface area contributed by atoms with Crippen LogP contribution in [-0.4, -0.2) is 30.6 Å². The molecule has 0 aliphatic rings. The topological polar surface area (TPSA) is 91.7 Å². The Hall–Kier alpha value is -3.61. The van der Waals surface area contributed by atoms with Crippen molar-refractivity contribution in [1.82, 2.24) is 24.9 Å². The molecule has 7 nitrogen and oxygen atoms in total. The maximum atomic E-state index is 4.70. The molecule has 7 heteroatoms. The number of hydrogen-bond donors (Lipinski definition) is 2. The molecule has 0 atom stereocenters. The molecule has 0 spiro atoms. The van der Waals surface area contributed by atoms with Crippen molar-refractivity contribution >= 4 is 34.1 Å². The van der Waals surface area contributed by atoms with Gasteiger partial charge in [0.1, 0.15) is 5.65 Å². The van der Waals surface area contributed by atoms with E-state index in [9.17, 15) is 0 Å². The van der Waals surface area contributed by atoms with Gasteiger partial charge in [-0.1, -0.05) is 0 Å². The van der Waals surface area contributed by atoms with E-state index < -0.39 is 0 Å². The van der Waals surface area contributed by atoms with Crippen LogP contribution in [0.15, 0.2) is 54.0 Å². The molecule has 0 saturated heterocycles. The molecular weight excluding hydrogens is 338 g/mol. The summed E-state index contributed by atoms with van der Waals surface area (Å²) in [5.74, 6) is 0.523. The molecule has 0 radical (unpaired) electrons. The molecule has 0 amide bonds. The fourth-order valence-corrected chi connectivity index (χ4v) is 2.81. The second-order valence-corrected chi connectivity index (χ2v) is 6.38. The number of H-pyrrole nitrogens is 1. The zero-order valence-electron chi connectivity index (χ0n) is 15.4. The van der Waals surface area contributed by atoms with E-state index in [0.717, 1.165) is 45.1 Å². The third-order valence-corrected chi connectivity index (χ3v) is 4.05. The summed E-state index contributed by atoms with van der Waals surface area (Å²) in [7, 11) is 0. The quantitative estimate of drug-likeness (QED) is 0.522. The number of aromatic nitrogens is 5. The van der Waals surface area contributed by atoms with Gasteiger partial charge in [0.05, 0.1) is 17.1 Å². The molecule has 0 saturated carbocycles. The largest absolute Gasteiger partial charge is 0.345 e. The molecule has 0 aliphatic carbocycles. The zero-order valence-corrected chi connectivity index (χ0v) is 15.4. The van der Waals surface area contributed by atoms with Crippen molar-refractivity contribution in [2.45, 2.75) is 20.8 Å². The van der Waals surface area contributed by atoms with E-state index in [1.807, 2.05) is 51.2 Å². The molecule has 27 heavy (non-hydrogen) atoms. The summed E-state index contributed by atoms with van der Waals surface area (Å²) in [6, 6.07) is 7.69. The predicted octanol–water partition coefficient (Wildman–Crippen LogP) is 4.58. The number of rotatable bonds is 4. The van der Waals surface area contributed by atoms with Crippen LogP contribution in [0.2, 0.25) is 0 Å². The van der Waals surface area contributed by atoms with Gasteiger partial charge in [0, 0.05) is 47.1 Å². The smallest absolute Gasteiger partial charge is 0.229 e. The van der Waals surface area contributed by atoms with Crippen molar-refractivity contribution in [1.29, 1.82) is 0 Å². The van der Waals surface area contributed by atoms with Crippen molar-refractivity contribution < 1.29 is 0 Å². The van der Waals surface area contributed by atoms with Crippen LogP contribution < -0.4 is 5.32 Å². The fourth-order valence-electron chi connectivity index (χ4n) is 2.81. The average molecular weight is 357 g/mol. The number of nitrogens with one attached hydrogen (secondary N) is 2. The first-order valence-corrected chi connectivity index (χ1v) is 8.61. The monoisotopic (exact) mass is 357 g/mol. The van der Waals surface area contributed by atoms with Gasteiger partial charge in [-0.25, -0.2) is 4.98 Å². The van der Waals surface area contributed by atoms with E-state index in [-0.39, 0.29) is 0 Å². The lowest BCUT2D eigenvalue weighted by atomic mass is 10.1. The maximum absolute atomic E-state index is 4.70. The SMILES string of the molecule is CC(C)=Nc1ccc(-c2c[nH]c3nc(Nc4ccncc4)ncc23)nc1C. The standard InChI is InChI=1S/C20H19N7/c1-12(2)24-17-4-5-18(25-13(17)3)15-10-22-19-16(15)11-23-20(27-19)26-14-6-8-21-9-7-14/h4-11H,1-3H3,(H2,21,22,23,26,27). The Balaban J connectivity index is 1.68. The highest BCUT2D eigenvalue weighted by atomic mass is 15.1. The number of fused-ring (bicyclic) bond motifs is 1. The van der Waals surface area contributed by atoms with Gasteiger partial charge in [-0.15, -0.1) is 0 Å². The molecule has 0 bridgehead atoms. The molecule has 4 aromatic rings. The van der Waals surface area contributed by atoms with E-state index in [1.54, 1.807) is 18.6 Å². The number of nitrogens with zero attached hydrogens (tertiary/aromatic N) is 5. The Morgan fingerprint density at radius 2 is 1.89 bits per heavy atom. The van der Waals surface area contributed by atoms with Gasteiger partial charge in [-0.05, 0) is 45.0 Å². The average Bonchev–Trinajstić information content (AvgIpc) is 3.07. The zero-order chi connectivity index (χ0) is 18.8. The molecule has 0 fully saturated rings. The van der Waals surface area contributed by atoms with E-state index in [2.05, 4.69) is 30.2 Å². The lowest BCUT2D eigenvalue weighted by Crippen LogP contribution is -1.97. The summed E-state index contributed by atoms with van der Waals surface area (Å²) >= 11 is 0. The molecule has 4 rings (SSSR count). The Morgan fingerprint density at radius 3 is 2.63 bits per heavy atom. The summed E-state index contributed by atoms with van der Waals surface area (Å²) in [4.78, 5) is 25.4. The summed E-state index contributed by atoms with van der Waals surface area (Å²) < 4.78 is 0. The lowest BCUT2D eigenvalue weighted by molar-refractivity contribution is 1.19. The highest BCUT2D eigenvalue weighted by Crippen LogP contribution is 2.29. The van der Waals surface area contributed by atoms with Crippen LogP contribution in [-0.2, 0) is 0 Å². The Morgan fingerprint density at radius 1 is 1.07 bits per heavy atom. The van der Waals surface area contributed by atoms with Gasteiger partial charge < -0.3 is 10.3 Å². The van der Waals surface area contributed by atoms with Gasteiger partial charge in [0.25, 0.3) is 0 Å². The minimum atomic E-state index is 0.523. The van der Waals surface area contributed by atoms with Crippen molar-refractivity contribution in [2.24, 2.45) is 4.99 Å². The molecule has 0 unspecified atom stereocenters. The third-order valence-electron chi connectivity index (χ3n) is 4.05. The molecule has 4 heterocycles. The number of aryl methyl sites for hydroxylation is 1. The van der Waals surface area contributed by atoms with E-state index in [1.165, 1.54) is 0 Å². The number of hydrogen-bond acceptors (Lipinski definition) is 6. The van der Waals surface area contributed by atoms with Gasteiger partial charge in [-0.2, -0.15) is 4.98 Å². The fraction of sp³-hybridized carbons (Fsp3) is 0.150. The van der Waals surface area contributed by atoms with Crippen molar-refractivity contribution in [3.8, 4) is 11.3 Å². The van der Waals surface area contributed by atoms with Crippen LogP contribution in [0.4, 0.5) is 17.3 Å². The lowest BCUT2D eigenvalue weighted by Gasteiger charge is -2.05. The number of aliphatic imine (C=N–C) groups is 1. The highest BCUT2D eigenvalue weighted by Gasteiger charge is 2.11. The van der Waals surface area contributed by atoms with Gasteiger partial charge >= 0.3 is 0 Å². The van der Waals surface area contributed by atoms with Gasteiger partial charge in [0.2, 0.25) is 5.95 Å².